The van der Waals surface area contributed by atoms with E-state index < -0.39 is 0 Å². The van der Waals surface area contributed by atoms with Crippen LogP contribution in [0.3, 0.4) is 0 Å². The maximum Gasteiger partial charge on any atom is 0.185 e. The lowest BCUT2D eigenvalue weighted by Gasteiger charge is -2.34. The van der Waals surface area contributed by atoms with Crippen molar-refractivity contribution in [2.45, 2.75) is 46.6 Å². The molecule has 0 aliphatic carbocycles. The van der Waals surface area contributed by atoms with Crippen LogP contribution in [0.5, 0.6) is 0 Å². The van der Waals surface area contributed by atoms with E-state index in [-0.39, 0.29) is 0 Å². The van der Waals surface area contributed by atoms with E-state index in [1.54, 1.807) is 11.3 Å². The molecule has 0 bridgehead atoms. The second-order valence-corrected chi connectivity index (χ2v) is 7.08. The molecule has 2 heterocycles. The van der Waals surface area contributed by atoms with E-state index in [1.807, 2.05) is 0 Å². The lowest BCUT2D eigenvalue weighted by atomic mass is 9.92. The van der Waals surface area contributed by atoms with E-state index in [0.717, 1.165) is 24.9 Å². The molecular weight excluding hydrogens is 242 g/mol. The van der Waals surface area contributed by atoms with Gasteiger partial charge in [-0.3, -0.25) is 0 Å². The van der Waals surface area contributed by atoms with Crippen LogP contribution in [0.15, 0.2) is 0 Å². The number of nitrogens with zero attached hydrogens (tertiary/aromatic N) is 2. The van der Waals surface area contributed by atoms with Crippen molar-refractivity contribution in [3.05, 3.63) is 10.6 Å². The SMILES string of the molecule is CC1CC(C)CN(c2nc(C(C)C)c(CN)s2)C1. The monoisotopic (exact) mass is 267 g/mol. The summed E-state index contributed by atoms with van der Waals surface area (Å²) in [5, 5.41) is 1.18. The molecule has 1 fully saturated rings. The van der Waals surface area contributed by atoms with Crippen molar-refractivity contribution in [3.8, 4) is 0 Å². The first kappa shape index (κ1) is 13.8. The summed E-state index contributed by atoms with van der Waals surface area (Å²) >= 11 is 1.79. The van der Waals surface area contributed by atoms with Crippen LogP contribution in [-0.4, -0.2) is 18.1 Å². The van der Waals surface area contributed by atoms with Gasteiger partial charge in [-0.05, 0) is 24.2 Å². The molecule has 1 saturated heterocycles. The number of rotatable bonds is 3. The van der Waals surface area contributed by atoms with E-state index >= 15 is 0 Å². The molecular formula is C14H25N3S. The molecule has 4 heteroatoms. The summed E-state index contributed by atoms with van der Waals surface area (Å²) in [4.78, 5) is 8.55. The van der Waals surface area contributed by atoms with Crippen LogP contribution in [0.4, 0.5) is 5.13 Å². The van der Waals surface area contributed by atoms with Crippen LogP contribution in [-0.2, 0) is 6.54 Å². The van der Waals surface area contributed by atoms with Crippen molar-refractivity contribution in [1.82, 2.24) is 4.98 Å². The second-order valence-electron chi connectivity index (χ2n) is 6.01. The Morgan fingerprint density at radius 1 is 1.33 bits per heavy atom. The maximum absolute atomic E-state index is 5.84. The molecule has 102 valence electrons. The Hall–Kier alpha value is -0.610. The first-order valence-corrected chi connectivity index (χ1v) is 7.77. The lowest BCUT2D eigenvalue weighted by Crippen LogP contribution is -2.38. The quantitative estimate of drug-likeness (QED) is 0.914. The third kappa shape index (κ3) is 2.86. The third-order valence-electron chi connectivity index (χ3n) is 3.59. The van der Waals surface area contributed by atoms with Crippen LogP contribution >= 0.6 is 11.3 Å². The zero-order valence-electron chi connectivity index (χ0n) is 11.9. The van der Waals surface area contributed by atoms with Gasteiger partial charge in [-0.15, -0.1) is 11.3 Å². The fourth-order valence-corrected chi connectivity index (χ4v) is 4.01. The summed E-state index contributed by atoms with van der Waals surface area (Å²) in [5.41, 5.74) is 7.04. The molecule has 0 saturated carbocycles. The maximum atomic E-state index is 5.84. The van der Waals surface area contributed by atoms with Gasteiger partial charge in [-0.2, -0.15) is 0 Å². The Morgan fingerprint density at radius 2 is 1.94 bits per heavy atom. The Balaban J connectivity index is 2.22. The Kier molecular flexibility index (Phi) is 4.28. The molecule has 0 aromatic carbocycles. The van der Waals surface area contributed by atoms with Gasteiger partial charge in [0.05, 0.1) is 5.69 Å². The average molecular weight is 267 g/mol. The van der Waals surface area contributed by atoms with Gasteiger partial charge in [0.15, 0.2) is 5.13 Å². The number of piperidine rings is 1. The van der Waals surface area contributed by atoms with Crippen LogP contribution < -0.4 is 10.6 Å². The third-order valence-corrected chi connectivity index (χ3v) is 4.74. The standard InChI is InChI=1S/C14H25N3S/c1-9(2)13-12(6-15)18-14(16-13)17-7-10(3)5-11(4)8-17/h9-11H,5-8,15H2,1-4H3. The molecule has 1 aliphatic heterocycles. The Labute approximate surface area is 114 Å². The minimum Gasteiger partial charge on any atom is -0.348 e. The number of hydrogen-bond acceptors (Lipinski definition) is 4. The molecule has 0 radical (unpaired) electrons. The van der Waals surface area contributed by atoms with Crippen LogP contribution in [0, 0.1) is 11.8 Å². The highest BCUT2D eigenvalue weighted by Crippen LogP contribution is 2.33. The predicted octanol–water partition coefficient (Wildman–Crippen LogP) is 3.21. The van der Waals surface area contributed by atoms with Crippen molar-refractivity contribution in [1.29, 1.82) is 0 Å². The number of hydrogen-bond donors (Lipinski definition) is 1. The summed E-state index contributed by atoms with van der Waals surface area (Å²) in [7, 11) is 0. The van der Waals surface area contributed by atoms with Gasteiger partial charge < -0.3 is 10.6 Å². The van der Waals surface area contributed by atoms with E-state index in [9.17, 15) is 0 Å². The van der Waals surface area contributed by atoms with Crippen LogP contribution in [0.25, 0.3) is 0 Å². The van der Waals surface area contributed by atoms with Crippen LogP contribution in [0.2, 0.25) is 0 Å². The van der Waals surface area contributed by atoms with Gasteiger partial charge in [0.1, 0.15) is 0 Å². The molecule has 0 spiro atoms. The lowest BCUT2D eigenvalue weighted by molar-refractivity contribution is 0.356. The number of nitrogens with two attached hydrogens (primary N) is 1. The molecule has 1 aromatic heterocycles. The molecule has 0 amide bonds. The van der Waals surface area contributed by atoms with Crippen molar-refractivity contribution in [2.24, 2.45) is 17.6 Å². The number of anilines is 1. The largest absolute Gasteiger partial charge is 0.348 e. The molecule has 1 aliphatic rings. The summed E-state index contributed by atoms with van der Waals surface area (Å²) in [6, 6.07) is 0. The first-order valence-electron chi connectivity index (χ1n) is 6.95. The summed E-state index contributed by atoms with van der Waals surface area (Å²) in [6.45, 7) is 12.0. The van der Waals surface area contributed by atoms with Crippen molar-refractivity contribution >= 4 is 16.5 Å². The zero-order valence-corrected chi connectivity index (χ0v) is 12.8. The van der Waals surface area contributed by atoms with Gasteiger partial charge in [0.25, 0.3) is 0 Å². The number of aromatic nitrogens is 1. The fourth-order valence-electron chi connectivity index (χ4n) is 2.90. The topological polar surface area (TPSA) is 42.2 Å². The Morgan fingerprint density at radius 3 is 2.39 bits per heavy atom. The highest BCUT2D eigenvalue weighted by Gasteiger charge is 2.25. The van der Waals surface area contributed by atoms with E-state index in [2.05, 4.69) is 32.6 Å². The van der Waals surface area contributed by atoms with Crippen LogP contribution in [0.1, 0.15) is 50.6 Å². The number of thiazole rings is 1. The zero-order chi connectivity index (χ0) is 13.3. The molecule has 18 heavy (non-hydrogen) atoms. The highest BCUT2D eigenvalue weighted by molar-refractivity contribution is 7.15. The van der Waals surface area contributed by atoms with Crippen molar-refractivity contribution in [3.63, 3.8) is 0 Å². The molecule has 3 nitrogen and oxygen atoms in total. The summed E-state index contributed by atoms with van der Waals surface area (Å²) < 4.78 is 0. The highest BCUT2D eigenvalue weighted by atomic mass is 32.1. The minimum absolute atomic E-state index is 0.466. The van der Waals surface area contributed by atoms with E-state index in [4.69, 9.17) is 10.7 Å². The fraction of sp³-hybridized carbons (Fsp3) is 0.786. The smallest absolute Gasteiger partial charge is 0.185 e. The summed E-state index contributed by atoms with van der Waals surface area (Å²) in [5.74, 6) is 2.00. The first-order chi connectivity index (χ1) is 8.51. The van der Waals surface area contributed by atoms with Gasteiger partial charge in [0, 0.05) is 24.5 Å². The van der Waals surface area contributed by atoms with E-state index in [0.29, 0.717) is 12.5 Å². The Bertz CT molecular complexity index is 390. The molecule has 1 aromatic rings. The van der Waals surface area contributed by atoms with Crippen molar-refractivity contribution in [2.75, 3.05) is 18.0 Å². The van der Waals surface area contributed by atoms with Crippen molar-refractivity contribution < 1.29 is 0 Å². The average Bonchev–Trinajstić information content (AvgIpc) is 2.71. The van der Waals surface area contributed by atoms with Gasteiger partial charge >= 0.3 is 0 Å². The van der Waals surface area contributed by atoms with Gasteiger partial charge in [0.2, 0.25) is 0 Å². The van der Waals surface area contributed by atoms with Gasteiger partial charge in [-0.25, -0.2) is 4.98 Å². The summed E-state index contributed by atoms with van der Waals surface area (Å²) in [6.07, 6.45) is 1.34. The normalized spacial score (nSPS) is 24.9. The second kappa shape index (κ2) is 5.57. The molecule has 2 unspecified atom stereocenters. The minimum atomic E-state index is 0.466. The molecule has 2 atom stereocenters. The molecule has 2 N–H and O–H groups in total. The predicted molar refractivity (Wildman–Crippen MR) is 79.3 cm³/mol. The molecule has 2 rings (SSSR count). The van der Waals surface area contributed by atoms with E-state index in [1.165, 1.54) is 22.1 Å². The van der Waals surface area contributed by atoms with Gasteiger partial charge in [-0.1, -0.05) is 27.7 Å².